The maximum Gasteiger partial charge on any atom is 0.250 e. The van der Waals surface area contributed by atoms with Crippen molar-refractivity contribution in [3.8, 4) is 0 Å². The molecule has 6 N–H and O–H groups in total. The number of carbonyl (C=O) groups excluding carboxylic acids is 6. The van der Waals surface area contributed by atoms with Crippen LogP contribution in [-0.4, -0.2) is 79.6 Å². The standard InChI is InChI=1S/2C24H24ClFN4O3/c2*25-19-9-3-5-15(23(19)26)11-28-21(31)13-30(16-6-4-7-16)22(32)14-29-12-18(24(27)33)17-8-1-2-10-20(17)29/h2*1-3,5,8-10,12,16H,4,6-7,11,13-14H2,(H2,27,33)(H,28,31). The molecule has 0 spiro atoms. The lowest BCUT2D eigenvalue weighted by Gasteiger charge is -2.37. The van der Waals surface area contributed by atoms with E-state index in [1.165, 1.54) is 12.1 Å². The van der Waals surface area contributed by atoms with Gasteiger partial charge in [-0.2, -0.15) is 0 Å². The van der Waals surface area contributed by atoms with E-state index in [1.54, 1.807) is 79.9 Å². The number of para-hydroxylation sites is 2. The molecule has 0 radical (unpaired) electrons. The first kappa shape index (κ1) is 47.2. The van der Waals surface area contributed by atoms with Crippen LogP contribution >= 0.6 is 23.2 Å². The minimum absolute atomic E-state index is 0.0118. The predicted molar refractivity (Wildman–Crippen MR) is 246 cm³/mol. The molecule has 4 aromatic carbocycles. The van der Waals surface area contributed by atoms with Gasteiger partial charge >= 0.3 is 0 Å². The lowest BCUT2D eigenvalue weighted by atomic mass is 9.91. The maximum absolute atomic E-state index is 14.1. The zero-order chi connectivity index (χ0) is 47.1. The molecule has 14 nitrogen and oxygen atoms in total. The molecule has 2 aliphatic carbocycles. The van der Waals surface area contributed by atoms with Gasteiger partial charge in [0.15, 0.2) is 0 Å². The van der Waals surface area contributed by atoms with Gasteiger partial charge in [0.1, 0.15) is 24.7 Å². The molecule has 6 amide bonds. The second-order valence-corrected chi connectivity index (χ2v) is 17.1. The molecule has 2 heterocycles. The quantitative estimate of drug-likeness (QED) is 0.0860. The molecule has 2 saturated carbocycles. The number of fused-ring (bicyclic) bond motifs is 2. The molecule has 66 heavy (non-hydrogen) atoms. The summed E-state index contributed by atoms with van der Waals surface area (Å²) in [6.45, 7) is -0.369. The predicted octanol–water partition coefficient (Wildman–Crippen LogP) is 6.46. The minimum Gasteiger partial charge on any atom is -0.366 e. The summed E-state index contributed by atoms with van der Waals surface area (Å²) in [5.41, 5.74) is 13.7. The zero-order valence-corrected chi connectivity index (χ0v) is 37.3. The van der Waals surface area contributed by atoms with Gasteiger partial charge in [0.2, 0.25) is 23.6 Å². The van der Waals surface area contributed by atoms with Crippen LogP contribution in [0, 0.1) is 11.6 Å². The Kier molecular flexibility index (Phi) is 15.0. The van der Waals surface area contributed by atoms with Crippen molar-refractivity contribution in [2.24, 2.45) is 11.5 Å². The van der Waals surface area contributed by atoms with Crippen LogP contribution in [0.15, 0.2) is 97.3 Å². The van der Waals surface area contributed by atoms with E-state index >= 15 is 0 Å². The molecule has 0 unspecified atom stereocenters. The van der Waals surface area contributed by atoms with Crippen LogP contribution in [0.4, 0.5) is 8.78 Å². The van der Waals surface area contributed by atoms with Crippen molar-refractivity contribution in [3.63, 3.8) is 0 Å². The van der Waals surface area contributed by atoms with E-state index in [2.05, 4.69) is 10.6 Å². The van der Waals surface area contributed by atoms with E-state index in [9.17, 15) is 37.5 Å². The Balaban J connectivity index is 0.000000196. The second kappa shape index (κ2) is 21.0. The number of rotatable bonds is 16. The molecule has 0 aliphatic heterocycles. The van der Waals surface area contributed by atoms with Crippen molar-refractivity contribution in [2.45, 2.75) is 76.8 Å². The van der Waals surface area contributed by atoms with Gasteiger partial charge in [-0.15, -0.1) is 0 Å². The number of nitrogens with one attached hydrogen (secondary N) is 2. The number of aromatic nitrogens is 2. The van der Waals surface area contributed by atoms with Crippen molar-refractivity contribution in [3.05, 3.63) is 141 Å². The summed E-state index contributed by atoms with van der Waals surface area (Å²) in [6.07, 6.45) is 8.41. The molecule has 2 fully saturated rings. The van der Waals surface area contributed by atoms with Gasteiger partial charge in [0.25, 0.3) is 11.8 Å². The number of nitrogens with zero attached hydrogens (tertiary/aromatic N) is 4. The largest absolute Gasteiger partial charge is 0.366 e. The van der Waals surface area contributed by atoms with E-state index in [-0.39, 0.29) is 96.2 Å². The number of nitrogens with two attached hydrogens (primary N) is 2. The summed E-state index contributed by atoms with van der Waals surface area (Å²) < 4.78 is 31.5. The molecule has 0 bridgehead atoms. The van der Waals surface area contributed by atoms with Gasteiger partial charge in [-0.3, -0.25) is 28.8 Å². The van der Waals surface area contributed by atoms with E-state index in [0.29, 0.717) is 32.9 Å². The molecule has 8 rings (SSSR count). The molecular weight excluding hydrogens is 893 g/mol. The minimum atomic E-state index is -0.573. The first-order valence-corrected chi connectivity index (χ1v) is 22.2. The lowest BCUT2D eigenvalue weighted by molar-refractivity contribution is -0.140. The van der Waals surface area contributed by atoms with Crippen LogP contribution < -0.4 is 22.1 Å². The summed E-state index contributed by atoms with van der Waals surface area (Å²) in [5, 5.41) is 6.66. The summed E-state index contributed by atoms with van der Waals surface area (Å²) in [5.74, 6) is -3.52. The molecular formula is C48H48Cl2F2N8O6. The second-order valence-electron chi connectivity index (χ2n) is 16.3. The smallest absolute Gasteiger partial charge is 0.250 e. The fourth-order valence-corrected chi connectivity index (χ4v) is 8.43. The summed E-state index contributed by atoms with van der Waals surface area (Å²) in [7, 11) is 0. The number of primary amides is 2. The first-order valence-electron chi connectivity index (χ1n) is 21.4. The molecule has 2 aromatic heterocycles. The average molecular weight is 942 g/mol. The van der Waals surface area contributed by atoms with E-state index in [1.807, 2.05) is 24.3 Å². The van der Waals surface area contributed by atoms with Crippen LogP contribution in [-0.2, 0) is 45.4 Å². The van der Waals surface area contributed by atoms with E-state index < -0.39 is 23.4 Å². The van der Waals surface area contributed by atoms with Gasteiger partial charge in [0.05, 0.1) is 34.3 Å². The fourth-order valence-electron chi connectivity index (χ4n) is 8.04. The van der Waals surface area contributed by atoms with Crippen LogP contribution in [0.5, 0.6) is 0 Å². The van der Waals surface area contributed by atoms with E-state index in [0.717, 1.165) is 38.5 Å². The molecule has 6 aromatic rings. The Labute approximate surface area is 388 Å². The highest BCUT2D eigenvalue weighted by Crippen LogP contribution is 2.28. The Morgan fingerprint density at radius 1 is 0.576 bits per heavy atom. The highest BCUT2D eigenvalue weighted by molar-refractivity contribution is 6.31. The fraction of sp³-hybridized carbons (Fsp3) is 0.292. The molecule has 344 valence electrons. The molecule has 2 aliphatic rings. The monoisotopic (exact) mass is 940 g/mol. The van der Waals surface area contributed by atoms with Gasteiger partial charge in [-0.25, -0.2) is 8.78 Å². The van der Waals surface area contributed by atoms with Gasteiger partial charge in [-0.1, -0.05) is 83.9 Å². The van der Waals surface area contributed by atoms with Crippen LogP contribution in [0.1, 0.15) is 70.4 Å². The molecule has 0 saturated heterocycles. The normalized spacial score (nSPS) is 13.5. The zero-order valence-electron chi connectivity index (χ0n) is 35.8. The van der Waals surface area contributed by atoms with E-state index in [4.69, 9.17) is 34.7 Å². The average Bonchev–Trinajstić information content (AvgIpc) is 3.82. The van der Waals surface area contributed by atoms with Gasteiger partial charge in [-0.05, 0) is 62.8 Å². The number of carbonyl (C=O) groups is 6. The first-order chi connectivity index (χ1) is 31.7. The number of halogens is 4. The highest BCUT2D eigenvalue weighted by Gasteiger charge is 2.32. The van der Waals surface area contributed by atoms with Crippen molar-refractivity contribution < 1.29 is 37.5 Å². The summed E-state index contributed by atoms with van der Waals surface area (Å²) in [6, 6.07) is 23.6. The number of benzene rings is 4. The van der Waals surface area contributed by atoms with Crippen LogP contribution in [0.2, 0.25) is 10.0 Å². The molecule has 18 heteroatoms. The van der Waals surface area contributed by atoms with Crippen molar-refractivity contribution in [1.82, 2.24) is 29.6 Å². The van der Waals surface area contributed by atoms with Gasteiger partial charge in [0, 0.05) is 70.5 Å². The topological polar surface area (TPSA) is 195 Å². The maximum atomic E-state index is 14.1. The van der Waals surface area contributed by atoms with Crippen molar-refractivity contribution in [2.75, 3.05) is 13.1 Å². The SMILES string of the molecule is NC(=O)c1cn(CC(=O)N(CC(=O)NCc2cccc(Cl)c2F)C2CCC2)c2ccccc12.NC(=O)c1cn(CC(=O)N(CC(=O)NCc2cccc(Cl)c2F)C2CCC2)c2ccccc12. The Bertz CT molecular complexity index is 2630. The lowest BCUT2D eigenvalue weighted by Crippen LogP contribution is -2.50. The number of amides is 6. The summed E-state index contributed by atoms with van der Waals surface area (Å²) in [4.78, 5) is 78.4. The van der Waals surface area contributed by atoms with Gasteiger partial charge < -0.3 is 41.0 Å². The third-order valence-corrected chi connectivity index (χ3v) is 12.6. The third kappa shape index (κ3) is 10.8. The number of hydrogen-bond donors (Lipinski definition) is 4. The van der Waals surface area contributed by atoms with Crippen molar-refractivity contribution >= 4 is 80.5 Å². The van der Waals surface area contributed by atoms with Crippen LogP contribution in [0.3, 0.4) is 0 Å². The Morgan fingerprint density at radius 2 is 0.955 bits per heavy atom. The number of hydrogen-bond acceptors (Lipinski definition) is 6. The van der Waals surface area contributed by atoms with Crippen molar-refractivity contribution in [1.29, 1.82) is 0 Å². The Morgan fingerprint density at radius 3 is 1.30 bits per heavy atom. The third-order valence-electron chi connectivity index (χ3n) is 12.0. The summed E-state index contributed by atoms with van der Waals surface area (Å²) >= 11 is 11.6. The van der Waals surface area contributed by atoms with Crippen LogP contribution in [0.25, 0.3) is 21.8 Å². The Hall–Kier alpha value is -6.78. The highest BCUT2D eigenvalue weighted by atomic mass is 35.5. The molecule has 0 atom stereocenters.